The maximum absolute atomic E-state index is 13.4. The molecule has 0 aliphatic rings. The van der Waals surface area contributed by atoms with Crippen LogP contribution in [0.3, 0.4) is 0 Å². The number of ether oxygens (including phenoxy) is 1. The molecule has 0 spiro atoms. The Morgan fingerprint density at radius 2 is 2.00 bits per heavy atom. The molecule has 0 amide bonds. The van der Waals surface area contributed by atoms with Crippen LogP contribution >= 0.6 is 24.0 Å². The molecule has 0 unspecified atom stereocenters. The molecule has 132 valence electrons. The summed E-state index contributed by atoms with van der Waals surface area (Å²) in [5.41, 5.74) is 8.67. The first kappa shape index (κ1) is 19.0. The van der Waals surface area contributed by atoms with Gasteiger partial charge in [0.25, 0.3) is 0 Å². The van der Waals surface area contributed by atoms with Crippen molar-refractivity contribution in [3.8, 4) is 5.75 Å². The van der Waals surface area contributed by atoms with Crippen LogP contribution in [0.1, 0.15) is 5.56 Å². The Kier molecular flexibility index (Phi) is 6.63. The van der Waals surface area contributed by atoms with E-state index < -0.39 is 0 Å². The number of methoxy groups -OCH3 is 1. The number of fused-ring (bicyclic) bond motifs is 1. The monoisotopic (exact) mass is 454 g/mol. The van der Waals surface area contributed by atoms with Gasteiger partial charge in [-0.1, -0.05) is 0 Å². The van der Waals surface area contributed by atoms with Crippen LogP contribution in [-0.4, -0.2) is 24.6 Å². The van der Waals surface area contributed by atoms with Gasteiger partial charge in [0.05, 0.1) is 7.11 Å². The van der Waals surface area contributed by atoms with Crippen LogP contribution in [0, 0.1) is 5.82 Å². The molecule has 7 heteroatoms. The van der Waals surface area contributed by atoms with E-state index in [0.717, 1.165) is 27.9 Å². The number of aromatic amines is 1. The van der Waals surface area contributed by atoms with Crippen molar-refractivity contribution in [2.24, 2.45) is 10.7 Å². The Labute approximate surface area is 162 Å². The topological polar surface area (TPSA) is 75.4 Å². The third-order valence-corrected chi connectivity index (χ3v) is 3.76. The van der Waals surface area contributed by atoms with E-state index in [1.807, 2.05) is 30.5 Å². The summed E-state index contributed by atoms with van der Waals surface area (Å²) in [5, 5.41) is 3.91. The van der Waals surface area contributed by atoms with Gasteiger partial charge in [0.2, 0.25) is 0 Å². The summed E-state index contributed by atoms with van der Waals surface area (Å²) >= 11 is 0. The average Bonchev–Trinajstić information content (AvgIpc) is 2.98. The minimum Gasteiger partial charge on any atom is -0.497 e. The number of benzene rings is 2. The van der Waals surface area contributed by atoms with Gasteiger partial charge in [0, 0.05) is 29.3 Å². The van der Waals surface area contributed by atoms with Crippen molar-refractivity contribution in [1.82, 2.24) is 4.98 Å². The van der Waals surface area contributed by atoms with Crippen LogP contribution in [0.5, 0.6) is 5.75 Å². The molecule has 0 atom stereocenters. The third-order valence-electron chi connectivity index (χ3n) is 3.76. The van der Waals surface area contributed by atoms with Crippen LogP contribution in [0.15, 0.2) is 53.7 Å². The predicted molar refractivity (Wildman–Crippen MR) is 110 cm³/mol. The number of rotatable bonds is 5. The summed E-state index contributed by atoms with van der Waals surface area (Å²) in [7, 11) is 1.62. The van der Waals surface area contributed by atoms with Gasteiger partial charge in [0.1, 0.15) is 11.6 Å². The fourth-order valence-electron chi connectivity index (χ4n) is 2.52. The highest BCUT2D eigenvalue weighted by Crippen LogP contribution is 2.20. The molecular formula is C18H20FIN4O. The lowest BCUT2D eigenvalue weighted by Gasteiger charge is -2.06. The first-order chi connectivity index (χ1) is 11.7. The van der Waals surface area contributed by atoms with Crippen molar-refractivity contribution >= 4 is 46.5 Å². The van der Waals surface area contributed by atoms with Gasteiger partial charge in [-0.15, -0.1) is 24.0 Å². The molecule has 1 heterocycles. The van der Waals surface area contributed by atoms with Gasteiger partial charge in [-0.25, -0.2) is 4.39 Å². The Morgan fingerprint density at radius 3 is 2.72 bits per heavy atom. The van der Waals surface area contributed by atoms with Gasteiger partial charge in [-0.3, -0.25) is 4.99 Å². The number of nitrogens with one attached hydrogen (secondary N) is 2. The summed E-state index contributed by atoms with van der Waals surface area (Å²) < 4.78 is 18.5. The molecule has 0 aliphatic carbocycles. The second kappa shape index (κ2) is 8.70. The van der Waals surface area contributed by atoms with Crippen LogP contribution in [0.25, 0.3) is 10.9 Å². The van der Waals surface area contributed by atoms with Crippen molar-refractivity contribution in [2.45, 2.75) is 6.42 Å². The van der Waals surface area contributed by atoms with Gasteiger partial charge >= 0.3 is 0 Å². The van der Waals surface area contributed by atoms with E-state index in [4.69, 9.17) is 10.5 Å². The molecule has 4 N–H and O–H groups in total. The summed E-state index contributed by atoms with van der Waals surface area (Å²) in [6.07, 6.45) is 2.56. The number of guanidine groups is 1. The summed E-state index contributed by atoms with van der Waals surface area (Å²) in [4.78, 5) is 7.44. The fraction of sp³-hybridized carbons (Fsp3) is 0.167. The van der Waals surface area contributed by atoms with E-state index >= 15 is 0 Å². The lowest BCUT2D eigenvalue weighted by Crippen LogP contribution is -2.23. The fourth-order valence-corrected chi connectivity index (χ4v) is 2.52. The highest BCUT2D eigenvalue weighted by molar-refractivity contribution is 14.0. The Balaban J connectivity index is 0.00000225. The second-order valence-corrected chi connectivity index (χ2v) is 5.37. The lowest BCUT2D eigenvalue weighted by atomic mass is 10.1. The normalized spacial score (nSPS) is 11.2. The zero-order valence-electron chi connectivity index (χ0n) is 13.8. The van der Waals surface area contributed by atoms with Crippen LogP contribution < -0.4 is 15.8 Å². The molecule has 3 rings (SSSR count). The number of aromatic nitrogens is 1. The molecule has 0 fully saturated rings. The zero-order chi connectivity index (χ0) is 16.9. The molecule has 3 aromatic rings. The highest BCUT2D eigenvalue weighted by atomic mass is 127. The zero-order valence-corrected chi connectivity index (χ0v) is 16.1. The number of nitrogens with zero attached hydrogens (tertiary/aromatic N) is 1. The van der Waals surface area contributed by atoms with Gasteiger partial charge in [-0.2, -0.15) is 0 Å². The molecule has 5 nitrogen and oxygen atoms in total. The molecule has 0 radical (unpaired) electrons. The Morgan fingerprint density at radius 1 is 1.24 bits per heavy atom. The molecule has 0 saturated heterocycles. The molecule has 0 bridgehead atoms. The summed E-state index contributed by atoms with van der Waals surface area (Å²) in [5.74, 6) is 0.876. The first-order valence-corrected chi connectivity index (χ1v) is 7.62. The molecular weight excluding hydrogens is 434 g/mol. The lowest BCUT2D eigenvalue weighted by molar-refractivity contribution is 0.415. The van der Waals surface area contributed by atoms with Crippen molar-refractivity contribution in [1.29, 1.82) is 0 Å². The van der Waals surface area contributed by atoms with Crippen LogP contribution in [-0.2, 0) is 6.42 Å². The van der Waals surface area contributed by atoms with E-state index in [2.05, 4.69) is 15.3 Å². The maximum atomic E-state index is 13.4. The van der Waals surface area contributed by atoms with Gasteiger partial charge in [0.15, 0.2) is 5.96 Å². The van der Waals surface area contributed by atoms with E-state index in [9.17, 15) is 4.39 Å². The van der Waals surface area contributed by atoms with Crippen LogP contribution in [0.4, 0.5) is 10.1 Å². The van der Waals surface area contributed by atoms with Crippen molar-refractivity contribution < 1.29 is 9.13 Å². The molecule has 1 aromatic heterocycles. The molecule has 2 aromatic carbocycles. The number of nitrogens with two attached hydrogens (primary N) is 1. The summed E-state index contributed by atoms with van der Waals surface area (Å²) in [6, 6.07) is 12.1. The van der Waals surface area contributed by atoms with Crippen molar-refractivity contribution in [3.63, 3.8) is 0 Å². The van der Waals surface area contributed by atoms with Crippen molar-refractivity contribution in [2.75, 3.05) is 19.0 Å². The number of H-pyrrole nitrogens is 1. The van der Waals surface area contributed by atoms with Gasteiger partial charge in [-0.05, 0) is 54.4 Å². The Bertz CT molecular complexity index is 861. The minimum absolute atomic E-state index is 0. The van der Waals surface area contributed by atoms with Crippen LogP contribution in [0.2, 0.25) is 0 Å². The largest absolute Gasteiger partial charge is 0.497 e. The molecule has 0 saturated carbocycles. The van der Waals surface area contributed by atoms with E-state index in [1.54, 1.807) is 13.2 Å². The van der Waals surface area contributed by atoms with E-state index in [-0.39, 0.29) is 29.8 Å². The van der Waals surface area contributed by atoms with Gasteiger partial charge < -0.3 is 20.8 Å². The Hall–Kier alpha value is -2.29. The average molecular weight is 454 g/mol. The van der Waals surface area contributed by atoms with E-state index in [0.29, 0.717) is 18.9 Å². The molecule has 25 heavy (non-hydrogen) atoms. The highest BCUT2D eigenvalue weighted by Gasteiger charge is 2.04. The maximum Gasteiger partial charge on any atom is 0.193 e. The SMILES string of the molecule is COc1ccc(NC(N)=NCCc2c[nH]c3ccc(F)cc23)cc1.I. The van der Waals surface area contributed by atoms with Crippen molar-refractivity contribution in [3.05, 3.63) is 60.0 Å². The number of halogens is 2. The third kappa shape index (κ3) is 4.85. The predicted octanol–water partition coefficient (Wildman–Crippen LogP) is 3.90. The number of aliphatic imine (C=N–C) groups is 1. The minimum atomic E-state index is -0.243. The molecule has 0 aliphatic heterocycles. The summed E-state index contributed by atoms with van der Waals surface area (Å²) in [6.45, 7) is 0.512. The number of hydrogen-bond acceptors (Lipinski definition) is 2. The number of hydrogen-bond donors (Lipinski definition) is 3. The quantitative estimate of drug-likeness (QED) is 0.311. The first-order valence-electron chi connectivity index (χ1n) is 7.62. The van der Waals surface area contributed by atoms with E-state index in [1.165, 1.54) is 12.1 Å². The smallest absolute Gasteiger partial charge is 0.193 e. The number of anilines is 1. The second-order valence-electron chi connectivity index (χ2n) is 5.37. The standard InChI is InChI=1S/C18H19FN4O.HI/c1-24-15-5-3-14(4-6-15)23-18(20)21-9-8-12-11-22-17-7-2-13(19)10-16(12)17;/h2-7,10-11,22H,8-9H2,1H3,(H3,20,21,23);1H.